The van der Waals surface area contributed by atoms with Gasteiger partial charge in [-0.05, 0) is 41.7 Å². The number of hydrogen-bond donors (Lipinski definition) is 2. The van der Waals surface area contributed by atoms with Gasteiger partial charge in [0.15, 0.2) is 0 Å². The molecule has 1 fully saturated rings. The molecule has 0 aliphatic heterocycles. The van der Waals surface area contributed by atoms with Crippen LogP contribution in [0.3, 0.4) is 0 Å². The molecule has 0 saturated heterocycles. The van der Waals surface area contributed by atoms with Crippen molar-refractivity contribution in [1.29, 1.82) is 0 Å². The third kappa shape index (κ3) is 2.12. The highest BCUT2D eigenvalue weighted by molar-refractivity contribution is 5.89. The maximum absolute atomic E-state index is 13.2. The zero-order chi connectivity index (χ0) is 14.4. The molecule has 1 saturated carbocycles. The van der Waals surface area contributed by atoms with Crippen molar-refractivity contribution in [3.8, 4) is 0 Å². The lowest BCUT2D eigenvalue weighted by atomic mass is 10.0. The molecule has 5 nitrogen and oxygen atoms in total. The normalized spacial score (nSPS) is 24.9. The smallest absolute Gasteiger partial charge is 0.319 e. The van der Waals surface area contributed by atoms with E-state index in [-0.39, 0.29) is 17.9 Å². The molecule has 21 heavy (non-hydrogen) atoms. The minimum Gasteiger partial charge on any atom is -0.334 e. The highest BCUT2D eigenvalue weighted by atomic mass is 19.1. The van der Waals surface area contributed by atoms with E-state index in [1.54, 1.807) is 12.1 Å². The van der Waals surface area contributed by atoms with Crippen molar-refractivity contribution < 1.29 is 9.18 Å². The van der Waals surface area contributed by atoms with Gasteiger partial charge in [0.05, 0.1) is 18.1 Å². The van der Waals surface area contributed by atoms with Crippen molar-refractivity contribution in [2.45, 2.75) is 18.4 Å². The largest absolute Gasteiger partial charge is 0.334 e. The number of nitrogens with one attached hydrogen (secondary N) is 2. The minimum atomic E-state index is -0.244. The van der Waals surface area contributed by atoms with Crippen molar-refractivity contribution in [3.63, 3.8) is 0 Å². The molecule has 2 aliphatic carbocycles. The number of rotatable bonds is 2. The van der Waals surface area contributed by atoms with Gasteiger partial charge in [-0.25, -0.2) is 9.18 Å². The Morgan fingerprint density at radius 2 is 2.19 bits per heavy atom. The van der Waals surface area contributed by atoms with Crippen molar-refractivity contribution in [2.24, 2.45) is 5.92 Å². The Hall–Kier alpha value is -2.50. The molecule has 1 aromatic carbocycles. The maximum Gasteiger partial charge on any atom is 0.319 e. The standard InChI is InChI=1S/C15H13FN4O/c16-9-1-2-11-8(5-9)6-12-13(11)14(12)20-15(21)19-10-3-4-17-18-7-10/h1-5,7,12-14H,6H2,(H2,17,19,20,21). The van der Waals surface area contributed by atoms with E-state index in [0.717, 1.165) is 17.5 Å². The summed E-state index contributed by atoms with van der Waals surface area (Å²) in [6.07, 6.45) is 3.84. The number of fused-ring (bicyclic) bond motifs is 3. The van der Waals surface area contributed by atoms with Gasteiger partial charge in [-0.3, -0.25) is 0 Å². The van der Waals surface area contributed by atoms with Gasteiger partial charge in [0.25, 0.3) is 0 Å². The molecule has 3 unspecified atom stereocenters. The first-order chi connectivity index (χ1) is 10.2. The monoisotopic (exact) mass is 284 g/mol. The number of nitrogens with zero attached hydrogens (tertiary/aromatic N) is 2. The molecule has 0 bridgehead atoms. The molecule has 106 valence electrons. The predicted octanol–water partition coefficient (Wildman–Crippen LogP) is 2.08. The second-order valence-electron chi connectivity index (χ2n) is 5.49. The summed E-state index contributed by atoms with van der Waals surface area (Å²) >= 11 is 0. The van der Waals surface area contributed by atoms with Crippen LogP contribution in [0.15, 0.2) is 36.7 Å². The summed E-state index contributed by atoms with van der Waals surface area (Å²) in [6, 6.07) is 6.49. The summed E-state index contributed by atoms with van der Waals surface area (Å²) in [5.74, 6) is 0.521. The number of amides is 2. The Kier molecular flexibility index (Phi) is 2.63. The molecular formula is C15H13FN4O. The van der Waals surface area contributed by atoms with Gasteiger partial charge in [0.2, 0.25) is 0 Å². The number of hydrogen-bond acceptors (Lipinski definition) is 3. The zero-order valence-electron chi connectivity index (χ0n) is 11.1. The molecule has 2 aliphatic rings. The summed E-state index contributed by atoms with van der Waals surface area (Å²) < 4.78 is 13.2. The number of anilines is 1. The maximum atomic E-state index is 13.2. The summed E-state index contributed by atoms with van der Waals surface area (Å²) in [7, 11) is 0. The fourth-order valence-electron chi connectivity index (χ4n) is 3.26. The number of benzene rings is 1. The quantitative estimate of drug-likeness (QED) is 0.887. The number of urea groups is 1. The van der Waals surface area contributed by atoms with Crippen LogP contribution in [-0.2, 0) is 6.42 Å². The number of aromatic nitrogens is 2. The SMILES string of the molecule is O=C(Nc1ccnnc1)NC1C2Cc3cc(F)ccc3C21. The molecule has 2 N–H and O–H groups in total. The Labute approximate surface area is 120 Å². The number of carbonyl (C=O) groups is 1. The topological polar surface area (TPSA) is 66.9 Å². The van der Waals surface area contributed by atoms with E-state index in [1.807, 2.05) is 6.07 Å². The van der Waals surface area contributed by atoms with Crippen LogP contribution < -0.4 is 10.6 Å². The fourth-order valence-corrected chi connectivity index (χ4v) is 3.26. The van der Waals surface area contributed by atoms with Gasteiger partial charge in [-0.1, -0.05) is 6.07 Å². The van der Waals surface area contributed by atoms with Crippen molar-refractivity contribution in [3.05, 3.63) is 53.6 Å². The second kappa shape index (κ2) is 4.51. The summed E-state index contributed by atoms with van der Waals surface area (Å²) in [5.41, 5.74) is 2.84. The Bertz CT molecular complexity index is 706. The average molecular weight is 284 g/mol. The third-order valence-electron chi connectivity index (χ3n) is 4.23. The summed E-state index contributed by atoms with van der Waals surface area (Å²) in [5, 5.41) is 13.0. The van der Waals surface area contributed by atoms with Crippen LogP contribution in [0.5, 0.6) is 0 Å². The van der Waals surface area contributed by atoms with Crippen LogP contribution in [0.4, 0.5) is 14.9 Å². The van der Waals surface area contributed by atoms with Crippen LogP contribution in [-0.4, -0.2) is 22.3 Å². The Balaban J connectivity index is 1.40. The summed E-state index contributed by atoms with van der Waals surface area (Å²) in [4.78, 5) is 11.9. The second-order valence-corrected chi connectivity index (χ2v) is 5.49. The van der Waals surface area contributed by atoms with Gasteiger partial charge in [0.1, 0.15) is 5.82 Å². The van der Waals surface area contributed by atoms with Crippen LogP contribution in [0.25, 0.3) is 0 Å². The van der Waals surface area contributed by atoms with E-state index in [2.05, 4.69) is 20.8 Å². The number of halogens is 1. The molecule has 0 radical (unpaired) electrons. The fraction of sp³-hybridized carbons (Fsp3) is 0.267. The van der Waals surface area contributed by atoms with Crippen molar-refractivity contribution in [1.82, 2.24) is 15.5 Å². The van der Waals surface area contributed by atoms with Crippen molar-refractivity contribution in [2.75, 3.05) is 5.32 Å². The molecule has 1 heterocycles. The Morgan fingerprint density at radius 3 is 3.00 bits per heavy atom. The molecular weight excluding hydrogens is 271 g/mol. The van der Waals surface area contributed by atoms with E-state index in [9.17, 15) is 9.18 Å². The lowest BCUT2D eigenvalue weighted by molar-refractivity contribution is 0.251. The zero-order valence-corrected chi connectivity index (χ0v) is 11.1. The highest BCUT2D eigenvalue weighted by Gasteiger charge is 2.56. The van der Waals surface area contributed by atoms with E-state index in [1.165, 1.54) is 18.5 Å². The summed E-state index contributed by atoms with van der Waals surface area (Å²) in [6.45, 7) is 0. The highest BCUT2D eigenvalue weighted by Crippen LogP contribution is 2.56. The molecule has 6 heteroatoms. The Morgan fingerprint density at radius 1 is 1.29 bits per heavy atom. The molecule has 2 amide bonds. The molecule has 4 rings (SSSR count). The lowest BCUT2D eigenvalue weighted by Gasteiger charge is -2.10. The van der Waals surface area contributed by atoms with Crippen molar-refractivity contribution >= 4 is 11.7 Å². The van der Waals surface area contributed by atoms with Crippen LogP contribution in [0, 0.1) is 11.7 Å². The lowest BCUT2D eigenvalue weighted by Crippen LogP contribution is -2.33. The van der Waals surface area contributed by atoms with E-state index in [4.69, 9.17) is 0 Å². The van der Waals surface area contributed by atoms with Crippen LogP contribution >= 0.6 is 0 Å². The molecule has 3 atom stereocenters. The van der Waals surface area contributed by atoms with E-state index < -0.39 is 0 Å². The van der Waals surface area contributed by atoms with Crippen LogP contribution in [0.2, 0.25) is 0 Å². The van der Waals surface area contributed by atoms with Gasteiger partial charge in [-0.15, -0.1) is 0 Å². The molecule has 1 aromatic heterocycles. The van der Waals surface area contributed by atoms with E-state index in [0.29, 0.717) is 17.5 Å². The van der Waals surface area contributed by atoms with Gasteiger partial charge >= 0.3 is 6.03 Å². The van der Waals surface area contributed by atoms with E-state index >= 15 is 0 Å². The third-order valence-corrected chi connectivity index (χ3v) is 4.23. The van der Waals surface area contributed by atoms with Gasteiger partial charge in [0, 0.05) is 12.0 Å². The van der Waals surface area contributed by atoms with Gasteiger partial charge in [-0.2, -0.15) is 10.2 Å². The van der Waals surface area contributed by atoms with Gasteiger partial charge < -0.3 is 10.6 Å². The first kappa shape index (κ1) is 12.3. The first-order valence-electron chi connectivity index (χ1n) is 6.85. The first-order valence-corrected chi connectivity index (χ1v) is 6.85. The molecule has 0 spiro atoms. The van der Waals surface area contributed by atoms with Crippen LogP contribution in [0.1, 0.15) is 17.0 Å². The predicted molar refractivity (Wildman–Crippen MR) is 74.3 cm³/mol. The molecule has 2 aromatic rings. The number of carbonyl (C=O) groups excluding carboxylic acids is 1. The minimum absolute atomic E-state index is 0.137. The average Bonchev–Trinajstić information content (AvgIpc) is 2.98.